The van der Waals surface area contributed by atoms with Crippen molar-refractivity contribution in [3.05, 3.63) is 54.1 Å². The lowest BCUT2D eigenvalue weighted by Crippen LogP contribution is -2.29. The molecule has 1 aliphatic rings. The largest absolute Gasteiger partial charge is 0.371 e. The normalized spacial score (nSPS) is 15.0. The number of hydrogen-bond acceptors (Lipinski definition) is 4. The zero-order chi connectivity index (χ0) is 18.7. The maximum Gasteiger partial charge on any atom is 0.156 e. The van der Waals surface area contributed by atoms with E-state index < -0.39 is 0 Å². The van der Waals surface area contributed by atoms with Gasteiger partial charge < -0.3 is 4.90 Å². The van der Waals surface area contributed by atoms with Crippen molar-refractivity contribution in [3.63, 3.8) is 0 Å². The van der Waals surface area contributed by atoms with Gasteiger partial charge in [0.15, 0.2) is 5.65 Å². The van der Waals surface area contributed by atoms with E-state index in [0.29, 0.717) is 5.56 Å². The maximum atomic E-state index is 9.70. The Labute approximate surface area is 166 Å². The van der Waals surface area contributed by atoms with Crippen LogP contribution in [0, 0.1) is 11.3 Å². The van der Waals surface area contributed by atoms with Gasteiger partial charge in [0.2, 0.25) is 0 Å². The second-order valence-corrected chi connectivity index (χ2v) is 8.56. The molecule has 0 amide bonds. The predicted octanol–water partition coefficient (Wildman–Crippen LogP) is 5.72. The minimum Gasteiger partial charge on any atom is -0.371 e. The fourth-order valence-electron chi connectivity index (χ4n) is 4.48. The van der Waals surface area contributed by atoms with Crippen molar-refractivity contribution in [2.75, 3.05) is 18.0 Å². The summed E-state index contributed by atoms with van der Waals surface area (Å²) >= 11 is 1.77. The molecule has 0 atom stereocenters. The molecular weight excluding hydrogens is 364 g/mol. The van der Waals surface area contributed by atoms with Gasteiger partial charge in [-0.05, 0) is 55.7 Å². The molecule has 0 unspecified atom stereocenters. The molecule has 6 rings (SSSR count). The minimum atomic E-state index is 0.631. The highest BCUT2D eigenvalue weighted by Crippen LogP contribution is 2.39. The Morgan fingerprint density at radius 1 is 0.964 bits per heavy atom. The molecule has 0 aliphatic carbocycles. The molecule has 3 aromatic heterocycles. The van der Waals surface area contributed by atoms with E-state index in [0.717, 1.165) is 40.0 Å². The summed E-state index contributed by atoms with van der Waals surface area (Å²) in [4.78, 5) is 7.25. The first kappa shape index (κ1) is 15.9. The van der Waals surface area contributed by atoms with E-state index in [4.69, 9.17) is 4.98 Å². The molecule has 1 aliphatic heterocycles. The smallest absolute Gasteiger partial charge is 0.156 e. The summed E-state index contributed by atoms with van der Waals surface area (Å²) in [7, 11) is 0. The minimum absolute atomic E-state index is 0.631. The topological polar surface area (TPSA) is 44.3 Å². The predicted molar refractivity (Wildman–Crippen MR) is 116 cm³/mol. The molecular formula is C23H18N4S. The number of para-hydroxylation sites is 2. The number of nitrogens with zero attached hydrogens (tertiary/aromatic N) is 4. The first-order valence-corrected chi connectivity index (χ1v) is 10.6. The average molecular weight is 382 g/mol. The standard InChI is InChI=1S/C23H18N4S/c24-14-15-12-21-22(27-19-7-3-2-6-18(19)25-23(15)27)17-9-8-16(13-20(17)28-21)26-10-4-1-5-11-26/h2-3,6-9,12-13H,1,4-5,10-11H2. The summed E-state index contributed by atoms with van der Waals surface area (Å²) in [5, 5.41) is 10.9. The highest BCUT2D eigenvalue weighted by molar-refractivity contribution is 7.25. The van der Waals surface area contributed by atoms with Crippen LogP contribution in [-0.2, 0) is 0 Å². The van der Waals surface area contributed by atoms with Gasteiger partial charge in [-0.1, -0.05) is 12.1 Å². The van der Waals surface area contributed by atoms with E-state index in [1.807, 2.05) is 24.3 Å². The van der Waals surface area contributed by atoms with Crippen molar-refractivity contribution in [1.82, 2.24) is 9.38 Å². The summed E-state index contributed by atoms with van der Waals surface area (Å²) in [6.45, 7) is 2.29. The number of pyridine rings is 1. The highest BCUT2D eigenvalue weighted by atomic mass is 32.1. The second kappa shape index (κ2) is 5.95. The molecule has 1 fully saturated rings. The Balaban J connectivity index is 1.70. The van der Waals surface area contributed by atoms with Crippen LogP contribution in [0.2, 0.25) is 0 Å². The number of hydrogen-bond donors (Lipinski definition) is 0. The van der Waals surface area contributed by atoms with Crippen LogP contribution in [-0.4, -0.2) is 22.5 Å². The van der Waals surface area contributed by atoms with Crippen molar-refractivity contribution < 1.29 is 0 Å². The van der Waals surface area contributed by atoms with Gasteiger partial charge in [0.05, 0.1) is 26.8 Å². The number of piperidine rings is 1. The summed E-state index contributed by atoms with van der Waals surface area (Å²) in [6, 6.07) is 19.3. The number of benzene rings is 2. The Kier molecular flexibility index (Phi) is 3.38. The van der Waals surface area contributed by atoms with Crippen molar-refractivity contribution >= 4 is 54.0 Å². The van der Waals surface area contributed by atoms with E-state index in [9.17, 15) is 5.26 Å². The Morgan fingerprint density at radius 3 is 2.68 bits per heavy atom. The van der Waals surface area contributed by atoms with Crippen LogP contribution in [0.15, 0.2) is 48.5 Å². The second-order valence-electron chi connectivity index (χ2n) is 7.47. The lowest BCUT2D eigenvalue weighted by molar-refractivity contribution is 0.578. The quantitative estimate of drug-likeness (QED) is 0.372. The molecule has 2 aromatic carbocycles. The van der Waals surface area contributed by atoms with E-state index in [2.05, 4.69) is 39.6 Å². The van der Waals surface area contributed by atoms with Gasteiger partial charge in [-0.25, -0.2) is 4.98 Å². The molecule has 5 aromatic rings. The fourth-order valence-corrected chi connectivity index (χ4v) is 5.64. The van der Waals surface area contributed by atoms with Crippen molar-refractivity contribution in [2.24, 2.45) is 0 Å². The summed E-state index contributed by atoms with van der Waals surface area (Å²) in [5.74, 6) is 0. The van der Waals surface area contributed by atoms with E-state index in [1.54, 1.807) is 11.3 Å². The monoisotopic (exact) mass is 382 g/mol. The molecule has 4 nitrogen and oxygen atoms in total. The molecule has 5 heteroatoms. The lowest BCUT2D eigenvalue weighted by atomic mass is 10.1. The molecule has 4 heterocycles. The van der Waals surface area contributed by atoms with Crippen LogP contribution >= 0.6 is 11.3 Å². The highest BCUT2D eigenvalue weighted by Gasteiger charge is 2.18. The molecule has 0 bridgehead atoms. The SMILES string of the molecule is N#Cc1cc2sc3cc(N4CCCCC4)ccc3c2n2c1nc1ccccc12. The zero-order valence-corrected chi connectivity index (χ0v) is 16.2. The van der Waals surface area contributed by atoms with Crippen molar-refractivity contribution in [3.8, 4) is 6.07 Å². The Morgan fingerprint density at radius 2 is 1.82 bits per heavy atom. The third kappa shape index (κ3) is 2.18. The maximum absolute atomic E-state index is 9.70. The van der Waals surface area contributed by atoms with Crippen LogP contribution in [0.5, 0.6) is 0 Å². The third-order valence-electron chi connectivity index (χ3n) is 5.82. The summed E-state index contributed by atoms with van der Waals surface area (Å²) in [6.07, 6.45) is 3.89. The Bertz CT molecular complexity index is 1410. The third-order valence-corrected chi connectivity index (χ3v) is 6.90. The number of aromatic nitrogens is 2. The first-order valence-electron chi connectivity index (χ1n) is 9.75. The van der Waals surface area contributed by atoms with Gasteiger partial charge in [-0.2, -0.15) is 5.26 Å². The number of thiophene rings is 1. The molecule has 136 valence electrons. The van der Waals surface area contributed by atoms with Crippen molar-refractivity contribution in [2.45, 2.75) is 19.3 Å². The van der Waals surface area contributed by atoms with Crippen LogP contribution < -0.4 is 4.90 Å². The number of rotatable bonds is 1. The number of imidazole rings is 1. The van der Waals surface area contributed by atoms with Gasteiger partial charge in [0, 0.05) is 28.9 Å². The molecule has 0 radical (unpaired) electrons. The van der Waals surface area contributed by atoms with Crippen molar-refractivity contribution in [1.29, 1.82) is 5.26 Å². The molecule has 28 heavy (non-hydrogen) atoms. The zero-order valence-electron chi connectivity index (χ0n) is 15.4. The van der Waals surface area contributed by atoms with Crippen LogP contribution in [0.25, 0.3) is 37.0 Å². The van der Waals surface area contributed by atoms with Gasteiger partial charge >= 0.3 is 0 Å². The van der Waals surface area contributed by atoms with Crippen LogP contribution in [0.3, 0.4) is 0 Å². The van der Waals surface area contributed by atoms with Crippen LogP contribution in [0.1, 0.15) is 24.8 Å². The lowest BCUT2D eigenvalue weighted by Gasteiger charge is -2.28. The van der Waals surface area contributed by atoms with E-state index in [-0.39, 0.29) is 0 Å². The fraction of sp³-hybridized carbons (Fsp3) is 0.217. The number of nitriles is 1. The average Bonchev–Trinajstić information content (AvgIpc) is 3.31. The number of fused-ring (bicyclic) bond motifs is 7. The summed E-state index contributed by atoms with van der Waals surface area (Å²) in [5.41, 5.74) is 5.83. The Hall–Kier alpha value is -3.10. The van der Waals surface area contributed by atoms with Crippen LogP contribution in [0.4, 0.5) is 5.69 Å². The van der Waals surface area contributed by atoms with E-state index >= 15 is 0 Å². The van der Waals surface area contributed by atoms with E-state index in [1.165, 1.54) is 35.0 Å². The molecule has 0 spiro atoms. The van der Waals surface area contributed by atoms with Gasteiger partial charge in [-0.15, -0.1) is 11.3 Å². The van der Waals surface area contributed by atoms with Gasteiger partial charge in [0.25, 0.3) is 0 Å². The van der Waals surface area contributed by atoms with Gasteiger partial charge in [-0.3, -0.25) is 4.40 Å². The summed E-state index contributed by atoms with van der Waals surface area (Å²) < 4.78 is 4.58. The molecule has 0 saturated carbocycles. The molecule has 0 N–H and O–H groups in total. The first-order chi connectivity index (χ1) is 13.8. The van der Waals surface area contributed by atoms with Gasteiger partial charge in [0.1, 0.15) is 6.07 Å². The number of anilines is 1. The molecule has 1 saturated heterocycles.